The standard InChI is InChI=1S/C14H15N3O2/c1-10(11-6-3-2-4-7-11)19-12-8-5-9-16-13(12)17-14(15)18/h2-10H,1H3,(H3,15,16,17,18). The Balaban J connectivity index is 2.17. The predicted molar refractivity (Wildman–Crippen MR) is 72.9 cm³/mol. The third-order valence-electron chi connectivity index (χ3n) is 2.59. The summed E-state index contributed by atoms with van der Waals surface area (Å²) in [5, 5.41) is 2.43. The van der Waals surface area contributed by atoms with E-state index in [0.717, 1.165) is 5.56 Å². The van der Waals surface area contributed by atoms with E-state index in [1.165, 1.54) is 0 Å². The van der Waals surface area contributed by atoms with Crippen LogP contribution in [-0.4, -0.2) is 11.0 Å². The lowest BCUT2D eigenvalue weighted by molar-refractivity contribution is 0.227. The number of nitrogens with one attached hydrogen (secondary N) is 1. The highest BCUT2D eigenvalue weighted by Crippen LogP contribution is 2.26. The van der Waals surface area contributed by atoms with Gasteiger partial charge in [-0.25, -0.2) is 9.78 Å². The van der Waals surface area contributed by atoms with Crippen LogP contribution in [-0.2, 0) is 0 Å². The summed E-state index contributed by atoms with van der Waals surface area (Å²) in [5.41, 5.74) is 6.13. The lowest BCUT2D eigenvalue weighted by Crippen LogP contribution is -2.20. The second-order valence-electron chi connectivity index (χ2n) is 4.01. The van der Waals surface area contributed by atoms with Gasteiger partial charge in [0.25, 0.3) is 0 Å². The highest BCUT2D eigenvalue weighted by Gasteiger charge is 2.11. The second kappa shape index (κ2) is 5.86. The highest BCUT2D eigenvalue weighted by atomic mass is 16.5. The van der Waals surface area contributed by atoms with Crippen molar-refractivity contribution in [1.82, 2.24) is 4.98 Å². The molecule has 1 aromatic carbocycles. The molecule has 0 bridgehead atoms. The molecule has 0 aliphatic rings. The number of benzene rings is 1. The monoisotopic (exact) mass is 257 g/mol. The van der Waals surface area contributed by atoms with Gasteiger partial charge in [-0.05, 0) is 24.6 Å². The molecule has 0 aliphatic carbocycles. The van der Waals surface area contributed by atoms with Crippen LogP contribution in [0, 0.1) is 0 Å². The zero-order valence-corrected chi connectivity index (χ0v) is 10.5. The van der Waals surface area contributed by atoms with E-state index in [9.17, 15) is 4.79 Å². The van der Waals surface area contributed by atoms with E-state index in [1.807, 2.05) is 37.3 Å². The molecule has 0 radical (unpaired) electrons. The zero-order valence-electron chi connectivity index (χ0n) is 10.5. The first-order valence-electron chi connectivity index (χ1n) is 5.90. The maximum atomic E-state index is 10.9. The Hall–Kier alpha value is -2.56. The molecule has 2 amide bonds. The van der Waals surface area contributed by atoms with Crippen molar-refractivity contribution in [3.05, 3.63) is 54.2 Å². The van der Waals surface area contributed by atoms with Crippen molar-refractivity contribution in [3.8, 4) is 5.75 Å². The van der Waals surface area contributed by atoms with Gasteiger partial charge in [0, 0.05) is 6.20 Å². The molecule has 0 fully saturated rings. The van der Waals surface area contributed by atoms with Gasteiger partial charge < -0.3 is 10.5 Å². The van der Waals surface area contributed by atoms with Gasteiger partial charge in [0.15, 0.2) is 11.6 Å². The minimum absolute atomic E-state index is 0.154. The van der Waals surface area contributed by atoms with Crippen molar-refractivity contribution in [3.63, 3.8) is 0 Å². The fraction of sp³-hybridized carbons (Fsp3) is 0.143. The van der Waals surface area contributed by atoms with Gasteiger partial charge in [0.1, 0.15) is 6.10 Å². The summed E-state index contributed by atoms with van der Waals surface area (Å²) in [6.45, 7) is 1.93. The van der Waals surface area contributed by atoms with E-state index < -0.39 is 6.03 Å². The first-order valence-corrected chi connectivity index (χ1v) is 5.90. The van der Waals surface area contributed by atoms with Gasteiger partial charge in [-0.3, -0.25) is 5.32 Å². The van der Waals surface area contributed by atoms with Crippen LogP contribution < -0.4 is 15.8 Å². The lowest BCUT2D eigenvalue weighted by Gasteiger charge is -2.16. The van der Waals surface area contributed by atoms with Gasteiger partial charge in [-0.2, -0.15) is 0 Å². The first kappa shape index (κ1) is 12.9. The van der Waals surface area contributed by atoms with Gasteiger partial charge in [0.05, 0.1) is 0 Å². The van der Waals surface area contributed by atoms with Crippen molar-refractivity contribution >= 4 is 11.8 Å². The summed E-state index contributed by atoms with van der Waals surface area (Å²) in [6, 6.07) is 12.6. The molecule has 3 N–H and O–H groups in total. The Kier molecular flexibility index (Phi) is 3.97. The van der Waals surface area contributed by atoms with Crippen LogP contribution >= 0.6 is 0 Å². The van der Waals surface area contributed by atoms with Gasteiger partial charge in [-0.15, -0.1) is 0 Å². The molecule has 19 heavy (non-hydrogen) atoms. The number of carbonyl (C=O) groups is 1. The average Bonchev–Trinajstić information content (AvgIpc) is 2.41. The topological polar surface area (TPSA) is 77.2 Å². The van der Waals surface area contributed by atoms with Crippen LogP contribution in [0.2, 0.25) is 0 Å². The van der Waals surface area contributed by atoms with Crippen molar-refractivity contribution < 1.29 is 9.53 Å². The molecule has 0 saturated heterocycles. The fourth-order valence-electron chi connectivity index (χ4n) is 1.68. The smallest absolute Gasteiger partial charge is 0.317 e. The number of urea groups is 1. The Labute approximate surface area is 111 Å². The second-order valence-corrected chi connectivity index (χ2v) is 4.01. The van der Waals surface area contributed by atoms with E-state index in [4.69, 9.17) is 10.5 Å². The number of pyridine rings is 1. The van der Waals surface area contributed by atoms with Crippen LogP contribution in [0.5, 0.6) is 5.75 Å². The number of hydrogen-bond donors (Lipinski definition) is 2. The number of ether oxygens (including phenoxy) is 1. The van der Waals surface area contributed by atoms with Gasteiger partial charge >= 0.3 is 6.03 Å². The molecule has 5 nitrogen and oxygen atoms in total. The van der Waals surface area contributed by atoms with E-state index in [-0.39, 0.29) is 6.10 Å². The Morgan fingerprint density at radius 3 is 2.68 bits per heavy atom. The summed E-state index contributed by atoms with van der Waals surface area (Å²) >= 11 is 0. The summed E-state index contributed by atoms with van der Waals surface area (Å²) in [7, 11) is 0. The number of primary amides is 1. The van der Waals surface area contributed by atoms with Gasteiger partial charge in [-0.1, -0.05) is 30.3 Å². The van der Waals surface area contributed by atoms with E-state index in [0.29, 0.717) is 11.6 Å². The van der Waals surface area contributed by atoms with Crippen LogP contribution in [0.1, 0.15) is 18.6 Å². The lowest BCUT2D eigenvalue weighted by atomic mass is 10.1. The Bertz CT molecular complexity index is 558. The third kappa shape index (κ3) is 3.45. The number of nitrogens with two attached hydrogens (primary N) is 1. The third-order valence-corrected chi connectivity index (χ3v) is 2.59. The largest absolute Gasteiger partial charge is 0.482 e. The maximum Gasteiger partial charge on any atom is 0.317 e. The number of nitrogens with zero attached hydrogens (tertiary/aromatic N) is 1. The summed E-state index contributed by atoms with van der Waals surface area (Å²) in [6.07, 6.45) is 1.41. The molecule has 0 saturated carbocycles. The number of carbonyl (C=O) groups excluding carboxylic acids is 1. The molecule has 1 heterocycles. The number of anilines is 1. The van der Waals surface area contributed by atoms with Crippen molar-refractivity contribution in [2.24, 2.45) is 5.73 Å². The van der Waals surface area contributed by atoms with Crippen molar-refractivity contribution in [2.75, 3.05) is 5.32 Å². The van der Waals surface area contributed by atoms with Gasteiger partial charge in [0.2, 0.25) is 0 Å². The fourth-order valence-corrected chi connectivity index (χ4v) is 1.68. The molecule has 2 rings (SSSR count). The molecule has 1 aromatic heterocycles. The Morgan fingerprint density at radius 2 is 2.00 bits per heavy atom. The van der Waals surface area contributed by atoms with Crippen molar-refractivity contribution in [2.45, 2.75) is 13.0 Å². The quantitative estimate of drug-likeness (QED) is 0.884. The molecular formula is C14H15N3O2. The number of rotatable bonds is 4. The number of amides is 2. The van der Waals surface area contributed by atoms with E-state index >= 15 is 0 Å². The SMILES string of the molecule is CC(Oc1cccnc1NC(N)=O)c1ccccc1. The zero-order chi connectivity index (χ0) is 13.7. The summed E-state index contributed by atoms with van der Waals surface area (Å²) in [4.78, 5) is 14.9. The molecule has 98 valence electrons. The highest BCUT2D eigenvalue weighted by molar-refractivity contribution is 5.88. The number of hydrogen-bond acceptors (Lipinski definition) is 3. The molecule has 1 atom stereocenters. The number of aromatic nitrogens is 1. The van der Waals surface area contributed by atoms with Crippen LogP contribution in [0.15, 0.2) is 48.7 Å². The minimum atomic E-state index is -0.670. The molecule has 0 spiro atoms. The molecular weight excluding hydrogens is 242 g/mol. The molecule has 5 heteroatoms. The van der Waals surface area contributed by atoms with E-state index in [1.54, 1.807) is 18.3 Å². The first-order chi connectivity index (χ1) is 9.16. The van der Waals surface area contributed by atoms with Crippen LogP contribution in [0.25, 0.3) is 0 Å². The van der Waals surface area contributed by atoms with Crippen LogP contribution in [0.4, 0.5) is 10.6 Å². The average molecular weight is 257 g/mol. The molecule has 1 unspecified atom stereocenters. The molecule has 0 aliphatic heterocycles. The predicted octanol–water partition coefficient (Wildman–Crippen LogP) is 2.71. The van der Waals surface area contributed by atoms with Crippen LogP contribution in [0.3, 0.4) is 0 Å². The minimum Gasteiger partial charge on any atom is -0.482 e. The Morgan fingerprint density at radius 1 is 1.26 bits per heavy atom. The maximum absolute atomic E-state index is 10.9. The molecule has 2 aromatic rings. The van der Waals surface area contributed by atoms with Crippen molar-refractivity contribution in [1.29, 1.82) is 0 Å². The normalized spacial score (nSPS) is 11.6. The summed E-state index contributed by atoms with van der Waals surface area (Å²) < 4.78 is 5.80. The van der Waals surface area contributed by atoms with E-state index in [2.05, 4.69) is 10.3 Å². The summed E-state index contributed by atoms with van der Waals surface area (Å²) in [5.74, 6) is 0.801.